The van der Waals surface area contributed by atoms with Crippen LogP contribution >= 0.6 is 0 Å². The summed E-state index contributed by atoms with van der Waals surface area (Å²) in [6, 6.07) is 5.18. The van der Waals surface area contributed by atoms with E-state index in [-0.39, 0.29) is 17.8 Å². The monoisotopic (exact) mass is 324 g/mol. The predicted octanol–water partition coefficient (Wildman–Crippen LogP) is 3.50. The minimum Gasteiger partial charge on any atom is -0.360 e. The lowest BCUT2D eigenvalue weighted by molar-refractivity contribution is -0.138. The molecule has 1 aliphatic rings. The lowest BCUT2D eigenvalue weighted by Gasteiger charge is -2.13. The number of hydrogen-bond donors (Lipinski definition) is 1. The highest BCUT2D eigenvalue weighted by molar-refractivity contribution is 5.93. The van der Waals surface area contributed by atoms with Gasteiger partial charge in [0.2, 0.25) is 0 Å². The Hall–Kier alpha value is -2.31. The van der Waals surface area contributed by atoms with E-state index in [1.54, 1.807) is 0 Å². The normalized spacial score (nSPS) is 14.4. The molecular formula is C16H15F3N2O2. The zero-order chi connectivity index (χ0) is 16.4. The van der Waals surface area contributed by atoms with E-state index >= 15 is 0 Å². The number of hydrogen-bond acceptors (Lipinski definition) is 3. The van der Waals surface area contributed by atoms with Crippen LogP contribution in [-0.4, -0.2) is 11.1 Å². The van der Waals surface area contributed by atoms with Gasteiger partial charge in [0.05, 0.1) is 5.56 Å². The summed E-state index contributed by atoms with van der Waals surface area (Å²) < 4.78 is 43.9. The first-order chi connectivity index (χ1) is 11.0. The number of amides is 1. The third-order valence-corrected chi connectivity index (χ3v) is 3.93. The third-order valence-electron chi connectivity index (χ3n) is 3.93. The number of nitrogens with one attached hydrogen (secondary N) is 1. The number of nitrogens with zero attached hydrogens (tertiary/aromatic N) is 1. The van der Waals surface area contributed by atoms with E-state index in [1.165, 1.54) is 18.2 Å². The van der Waals surface area contributed by atoms with E-state index in [1.807, 2.05) is 0 Å². The minimum atomic E-state index is -4.45. The minimum absolute atomic E-state index is 0.0192. The highest BCUT2D eigenvalue weighted by Gasteiger charge is 2.33. The van der Waals surface area contributed by atoms with E-state index < -0.39 is 17.6 Å². The molecule has 4 nitrogen and oxygen atoms in total. The Labute approximate surface area is 130 Å². The van der Waals surface area contributed by atoms with Gasteiger partial charge in [0.1, 0.15) is 5.76 Å². The molecule has 3 rings (SSSR count). The summed E-state index contributed by atoms with van der Waals surface area (Å²) in [6.45, 7) is -0.212. The van der Waals surface area contributed by atoms with Gasteiger partial charge in [-0.2, -0.15) is 13.2 Å². The molecule has 1 amide bonds. The van der Waals surface area contributed by atoms with Gasteiger partial charge < -0.3 is 9.84 Å². The van der Waals surface area contributed by atoms with Crippen LogP contribution in [0.3, 0.4) is 0 Å². The summed E-state index contributed by atoms with van der Waals surface area (Å²) in [5.41, 5.74) is 0.232. The molecule has 7 heteroatoms. The van der Waals surface area contributed by atoms with Crippen molar-refractivity contribution in [1.29, 1.82) is 0 Å². The van der Waals surface area contributed by atoms with Crippen LogP contribution in [0.2, 0.25) is 0 Å². The average molecular weight is 324 g/mol. The highest BCUT2D eigenvalue weighted by Crippen LogP contribution is 2.31. The van der Waals surface area contributed by atoms with Gasteiger partial charge in [0.25, 0.3) is 5.91 Å². The largest absolute Gasteiger partial charge is 0.416 e. The molecule has 0 atom stereocenters. The van der Waals surface area contributed by atoms with Crippen molar-refractivity contribution < 1.29 is 22.5 Å². The number of rotatable bonds is 3. The van der Waals surface area contributed by atoms with E-state index in [9.17, 15) is 18.0 Å². The Bertz CT molecular complexity index is 722. The molecular weight excluding hydrogens is 309 g/mol. The van der Waals surface area contributed by atoms with Gasteiger partial charge in [0.15, 0.2) is 5.69 Å². The van der Waals surface area contributed by atoms with Gasteiger partial charge in [-0.25, -0.2) is 0 Å². The molecule has 0 unspecified atom stereocenters. The smallest absolute Gasteiger partial charge is 0.360 e. The number of benzene rings is 1. The fourth-order valence-electron chi connectivity index (χ4n) is 2.77. The fourth-order valence-corrected chi connectivity index (χ4v) is 2.77. The van der Waals surface area contributed by atoms with E-state index in [0.717, 1.165) is 30.9 Å². The lowest BCUT2D eigenvalue weighted by atomic mass is 9.96. The molecule has 1 N–H and O–H groups in total. The second-order valence-electron chi connectivity index (χ2n) is 5.48. The molecule has 0 fully saturated rings. The first-order valence-corrected chi connectivity index (χ1v) is 7.37. The van der Waals surface area contributed by atoms with Crippen LogP contribution in [0, 0.1) is 0 Å². The summed E-state index contributed by atoms with van der Waals surface area (Å²) in [6.07, 6.45) is -1.06. The molecule has 122 valence electrons. The Kier molecular flexibility index (Phi) is 4.11. The van der Waals surface area contributed by atoms with Crippen molar-refractivity contribution in [3.63, 3.8) is 0 Å². The quantitative estimate of drug-likeness (QED) is 0.940. The molecule has 0 saturated carbocycles. The van der Waals surface area contributed by atoms with Crippen molar-refractivity contribution in [2.45, 2.75) is 38.4 Å². The second kappa shape index (κ2) is 6.06. The van der Waals surface area contributed by atoms with Crippen LogP contribution in [0.15, 0.2) is 28.8 Å². The molecule has 1 heterocycles. The Morgan fingerprint density at radius 2 is 1.96 bits per heavy atom. The molecule has 0 spiro atoms. The molecule has 0 saturated heterocycles. The van der Waals surface area contributed by atoms with Crippen LogP contribution in [0.4, 0.5) is 13.2 Å². The fraction of sp³-hybridized carbons (Fsp3) is 0.375. The van der Waals surface area contributed by atoms with E-state index in [2.05, 4.69) is 10.5 Å². The Morgan fingerprint density at radius 3 is 2.74 bits per heavy atom. The maximum Gasteiger partial charge on any atom is 0.416 e. The van der Waals surface area contributed by atoms with Gasteiger partial charge in [0, 0.05) is 18.5 Å². The molecule has 2 aromatic rings. The van der Waals surface area contributed by atoms with Gasteiger partial charge in [-0.3, -0.25) is 4.79 Å². The van der Waals surface area contributed by atoms with Crippen molar-refractivity contribution in [2.24, 2.45) is 0 Å². The molecule has 1 aromatic carbocycles. The van der Waals surface area contributed by atoms with Gasteiger partial charge in [-0.05, 0) is 30.9 Å². The van der Waals surface area contributed by atoms with Crippen molar-refractivity contribution in [1.82, 2.24) is 10.5 Å². The molecule has 1 aromatic heterocycles. The number of alkyl halides is 3. The maximum atomic E-state index is 12.9. The molecule has 0 radical (unpaired) electrons. The van der Waals surface area contributed by atoms with E-state index in [4.69, 9.17) is 4.52 Å². The first-order valence-electron chi connectivity index (χ1n) is 7.37. The van der Waals surface area contributed by atoms with E-state index in [0.29, 0.717) is 12.2 Å². The van der Waals surface area contributed by atoms with Crippen LogP contribution < -0.4 is 5.32 Å². The molecule has 0 bridgehead atoms. The van der Waals surface area contributed by atoms with Crippen molar-refractivity contribution in [3.8, 4) is 0 Å². The number of carbonyl (C=O) groups excluding carboxylic acids is 1. The summed E-state index contributed by atoms with van der Waals surface area (Å²) in [5, 5.41) is 6.27. The Morgan fingerprint density at radius 1 is 1.22 bits per heavy atom. The number of fused-ring (bicyclic) bond motifs is 1. The summed E-state index contributed by atoms with van der Waals surface area (Å²) in [5.74, 6) is 0.200. The van der Waals surface area contributed by atoms with Crippen LogP contribution in [-0.2, 0) is 25.6 Å². The summed E-state index contributed by atoms with van der Waals surface area (Å²) >= 11 is 0. The maximum absolute atomic E-state index is 12.9. The standard InChI is InChI=1S/C16H15F3N2O2/c17-16(18,19)12-7-3-1-5-10(12)9-20-15(22)14-11-6-2-4-8-13(11)23-21-14/h1,3,5,7H,2,4,6,8-9H2,(H,20,22). The first kappa shape index (κ1) is 15.6. The zero-order valence-electron chi connectivity index (χ0n) is 12.2. The molecule has 23 heavy (non-hydrogen) atoms. The second-order valence-corrected chi connectivity index (χ2v) is 5.48. The number of aryl methyl sites for hydroxylation is 1. The summed E-state index contributed by atoms with van der Waals surface area (Å²) in [4.78, 5) is 12.2. The molecule has 1 aliphatic carbocycles. The van der Waals surface area contributed by atoms with Gasteiger partial charge >= 0.3 is 6.18 Å². The zero-order valence-corrected chi connectivity index (χ0v) is 12.2. The lowest BCUT2D eigenvalue weighted by Crippen LogP contribution is -2.26. The van der Waals surface area contributed by atoms with Crippen LogP contribution in [0.5, 0.6) is 0 Å². The third kappa shape index (κ3) is 3.23. The van der Waals surface area contributed by atoms with Crippen LogP contribution in [0.25, 0.3) is 0 Å². The van der Waals surface area contributed by atoms with Crippen LogP contribution in [0.1, 0.15) is 45.8 Å². The topological polar surface area (TPSA) is 55.1 Å². The number of aromatic nitrogens is 1. The predicted molar refractivity (Wildman–Crippen MR) is 75.8 cm³/mol. The highest BCUT2D eigenvalue weighted by atomic mass is 19.4. The van der Waals surface area contributed by atoms with Crippen molar-refractivity contribution in [3.05, 3.63) is 52.4 Å². The average Bonchev–Trinajstić information content (AvgIpc) is 2.96. The van der Waals surface area contributed by atoms with Gasteiger partial charge in [-0.15, -0.1) is 0 Å². The molecule has 0 aliphatic heterocycles. The van der Waals surface area contributed by atoms with Gasteiger partial charge in [-0.1, -0.05) is 23.4 Å². The Balaban J connectivity index is 1.74. The number of halogens is 3. The number of carbonyl (C=O) groups is 1. The van der Waals surface area contributed by atoms with Crippen molar-refractivity contribution >= 4 is 5.91 Å². The SMILES string of the molecule is O=C(NCc1ccccc1C(F)(F)F)c1noc2c1CCCC2. The summed E-state index contributed by atoms with van der Waals surface area (Å²) in [7, 11) is 0. The van der Waals surface area contributed by atoms with Crippen molar-refractivity contribution in [2.75, 3.05) is 0 Å².